The Labute approximate surface area is 88.6 Å². The maximum Gasteiger partial charge on any atom is 0.126 e. The standard InChI is InChI=1S/C10H14ClNO2/c1-6-8(5-12-13)4-9(11)7(2)10(6)14-3/h4,12-13H,5H2,1-3H3. The van der Waals surface area contributed by atoms with Gasteiger partial charge in [0.2, 0.25) is 0 Å². The average molecular weight is 216 g/mol. The van der Waals surface area contributed by atoms with Crippen LogP contribution < -0.4 is 10.2 Å². The second kappa shape index (κ2) is 4.64. The van der Waals surface area contributed by atoms with E-state index in [2.05, 4.69) is 5.48 Å². The van der Waals surface area contributed by atoms with E-state index < -0.39 is 0 Å². The Kier molecular flexibility index (Phi) is 3.75. The summed E-state index contributed by atoms with van der Waals surface area (Å²) in [6.45, 7) is 4.21. The highest BCUT2D eigenvalue weighted by molar-refractivity contribution is 6.31. The molecule has 1 rings (SSSR count). The number of halogens is 1. The van der Waals surface area contributed by atoms with Crippen molar-refractivity contribution >= 4 is 11.6 Å². The molecule has 0 aliphatic rings. The number of hydrogen-bond acceptors (Lipinski definition) is 3. The predicted octanol–water partition coefficient (Wildman–Crippen LogP) is 2.44. The largest absolute Gasteiger partial charge is 0.496 e. The van der Waals surface area contributed by atoms with Crippen LogP contribution in [0.2, 0.25) is 5.02 Å². The van der Waals surface area contributed by atoms with Crippen molar-refractivity contribution in [3.05, 3.63) is 27.8 Å². The summed E-state index contributed by atoms with van der Waals surface area (Å²) >= 11 is 6.02. The number of ether oxygens (including phenoxy) is 1. The minimum absolute atomic E-state index is 0.363. The van der Waals surface area contributed by atoms with Crippen molar-refractivity contribution in [2.75, 3.05) is 7.11 Å². The normalized spacial score (nSPS) is 10.4. The Bertz CT molecular complexity index is 339. The van der Waals surface area contributed by atoms with Gasteiger partial charge in [-0.2, -0.15) is 0 Å². The topological polar surface area (TPSA) is 41.5 Å². The van der Waals surface area contributed by atoms with Gasteiger partial charge >= 0.3 is 0 Å². The van der Waals surface area contributed by atoms with Crippen LogP contribution in [0.4, 0.5) is 0 Å². The second-order valence-electron chi connectivity index (χ2n) is 3.14. The van der Waals surface area contributed by atoms with Crippen LogP contribution in [0.25, 0.3) is 0 Å². The monoisotopic (exact) mass is 215 g/mol. The minimum Gasteiger partial charge on any atom is -0.496 e. The number of rotatable bonds is 3. The first-order valence-corrected chi connectivity index (χ1v) is 4.69. The molecule has 0 saturated heterocycles. The van der Waals surface area contributed by atoms with E-state index in [9.17, 15) is 0 Å². The van der Waals surface area contributed by atoms with Crippen LogP contribution in [0, 0.1) is 13.8 Å². The van der Waals surface area contributed by atoms with Crippen molar-refractivity contribution in [2.45, 2.75) is 20.4 Å². The Hall–Kier alpha value is -0.770. The molecule has 2 N–H and O–H groups in total. The highest BCUT2D eigenvalue weighted by Crippen LogP contribution is 2.31. The molecule has 1 aromatic rings. The van der Waals surface area contributed by atoms with Crippen molar-refractivity contribution in [2.24, 2.45) is 0 Å². The summed E-state index contributed by atoms with van der Waals surface area (Å²) in [5, 5.41) is 9.28. The molecule has 3 nitrogen and oxygen atoms in total. The molecule has 0 atom stereocenters. The third-order valence-corrected chi connectivity index (χ3v) is 2.69. The first-order valence-electron chi connectivity index (χ1n) is 4.31. The summed E-state index contributed by atoms with van der Waals surface area (Å²) in [5.41, 5.74) is 4.96. The van der Waals surface area contributed by atoms with E-state index in [0.717, 1.165) is 22.4 Å². The van der Waals surface area contributed by atoms with Gasteiger partial charge in [-0.05, 0) is 31.0 Å². The van der Waals surface area contributed by atoms with E-state index in [-0.39, 0.29) is 0 Å². The van der Waals surface area contributed by atoms with Crippen molar-refractivity contribution in [3.8, 4) is 5.75 Å². The maximum absolute atomic E-state index is 8.63. The van der Waals surface area contributed by atoms with Gasteiger partial charge in [0, 0.05) is 17.1 Å². The van der Waals surface area contributed by atoms with Gasteiger partial charge < -0.3 is 9.94 Å². The lowest BCUT2D eigenvalue weighted by molar-refractivity contribution is 0.161. The summed E-state index contributed by atoms with van der Waals surface area (Å²) in [6.07, 6.45) is 0. The molecule has 0 radical (unpaired) electrons. The third-order valence-electron chi connectivity index (χ3n) is 2.30. The van der Waals surface area contributed by atoms with Crippen molar-refractivity contribution in [1.82, 2.24) is 5.48 Å². The lowest BCUT2D eigenvalue weighted by atomic mass is 10.0. The molecule has 0 spiro atoms. The van der Waals surface area contributed by atoms with Crippen LogP contribution in [0.3, 0.4) is 0 Å². The van der Waals surface area contributed by atoms with Crippen LogP contribution in [-0.4, -0.2) is 12.3 Å². The summed E-state index contributed by atoms with van der Waals surface area (Å²) in [4.78, 5) is 0. The summed E-state index contributed by atoms with van der Waals surface area (Å²) < 4.78 is 5.25. The predicted molar refractivity (Wildman–Crippen MR) is 56.1 cm³/mol. The smallest absolute Gasteiger partial charge is 0.126 e. The fourth-order valence-corrected chi connectivity index (χ4v) is 1.70. The van der Waals surface area contributed by atoms with Crippen LogP contribution >= 0.6 is 11.6 Å². The molecule has 0 aliphatic carbocycles. The SMILES string of the molecule is COc1c(C)c(Cl)cc(CNO)c1C. The molecule has 0 saturated carbocycles. The van der Waals surface area contributed by atoms with E-state index >= 15 is 0 Å². The summed E-state index contributed by atoms with van der Waals surface area (Å²) in [7, 11) is 1.61. The molecule has 0 amide bonds. The van der Waals surface area contributed by atoms with E-state index in [0.29, 0.717) is 11.6 Å². The maximum atomic E-state index is 8.63. The van der Waals surface area contributed by atoms with Crippen LogP contribution in [0.1, 0.15) is 16.7 Å². The molecular formula is C10H14ClNO2. The molecule has 1 aromatic carbocycles. The lowest BCUT2D eigenvalue weighted by Crippen LogP contribution is -2.08. The van der Waals surface area contributed by atoms with Gasteiger partial charge in [-0.3, -0.25) is 0 Å². The summed E-state index contributed by atoms with van der Waals surface area (Å²) in [5.74, 6) is 0.780. The molecular weight excluding hydrogens is 202 g/mol. The zero-order valence-electron chi connectivity index (χ0n) is 8.52. The minimum atomic E-state index is 0.363. The van der Waals surface area contributed by atoms with Crippen LogP contribution in [0.15, 0.2) is 6.07 Å². The zero-order valence-corrected chi connectivity index (χ0v) is 9.27. The Morgan fingerprint density at radius 1 is 1.43 bits per heavy atom. The highest BCUT2D eigenvalue weighted by atomic mass is 35.5. The Morgan fingerprint density at radius 2 is 2.07 bits per heavy atom. The third kappa shape index (κ3) is 2.00. The molecule has 14 heavy (non-hydrogen) atoms. The lowest BCUT2D eigenvalue weighted by Gasteiger charge is -2.14. The first kappa shape index (κ1) is 11.3. The Balaban J connectivity index is 3.27. The van der Waals surface area contributed by atoms with Gasteiger partial charge in [-0.25, -0.2) is 5.48 Å². The van der Waals surface area contributed by atoms with Crippen LogP contribution in [0.5, 0.6) is 5.75 Å². The number of hydroxylamine groups is 1. The molecule has 4 heteroatoms. The highest BCUT2D eigenvalue weighted by Gasteiger charge is 2.11. The molecule has 0 fully saturated rings. The molecule has 0 heterocycles. The second-order valence-corrected chi connectivity index (χ2v) is 3.54. The fraction of sp³-hybridized carbons (Fsp3) is 0.400. The van der Waals surface area contributed by atoms with Gasteiger partial charge in [0.15, 0.2) is 0 Å². The Morgan fingerprint density at radius 3 is 2.57 bits per heavy atom. The molecule has 0 unspecified atom stereocenters. The quantitative estimate of drug-likeness (QED) is 0.762. The first-order chi connectivity index (χ1) is 6.61. The fourth-order valence-electron chi connectivity index (χ4n) is 1.48. The van der Waals surface area contributed by atoms with E-state index in [1.807, 2.05) is 19.9 Å². The number of nitrogens with one attached hydrogen (secondary N) is 1. The summed E-state index contributed by atoms with van der Waals surface area (Å²) in [6, 6.07) is 1.83. The van der Waals surface area contributed by atoms with Crippen molar-refractivity contribution < 1.29 is 9.94 Å². The zero-order chi connectivity index (χ0) is 10.7. The number of benzene rings is 1. The molecule has 0 aromatic heterocycles. The van der Waals surface area contributed by atoms with Gasteiger partial charge in [0.1, 0.15) is 5.75 Å². The van der Waals surface area contributed by atoms with Crippen molar-refractivity contribution in [3.63, 3.8) is 0 Å². The van der Waals surface area contributed by atoms with Crippen molar-refractivity contribution in [1.29, 1.82) is 0 Å². The van der Waals surface area contributed by atoms with E-state index in [1.54, 1.807) is 7.11 Å². The number of hydrogen-bond donors (Lipinski definition) is 2. The van der Waals surface area contributed by atoms with Gasteiger partial charge in [0.05, 0.1) is 7.11 Å². The average Bonchev–Trinajstić information content (AvgIpc) is 2.16. The van der Waals surface area contributed by atoms with E-state index in [4.69, 9.17) is 21.5 Å². The van der Waals surface area contributed by atoms with E-state index in [1.165, 1.54) is 0 Å². The molecule has 0 bridgehead atoms. The van der Waals surface area contributed by atoms with Gasteiger partial charge in [0.25, 0.3) is 0 Å². The number of methoxy groups -OCH3 is 1. The molecule has 0 aliphatic heterocycles. The van der Waals surface area contributed by atoms with Gasteiger partial charge in [-0.1, -0.05) is 11.6 Å². The van der Waals surface area contributed by atoms with Gasteiger partial charge in [-0.15, -0.1) is 0 Å². The van der Waals surface area contributed by atoms with Crippen LogP contribution in [-0.2, 0) is 6.54 Å². The molecule has 78 valence electrons.